The summed E-state index contributed by atoms with van der Waals surface area (Å²) in [5.41, 5.74) is 3.22. The predicted octanol–water partition coefficient (Wildman–Crippen LogP) is 1.38. The maximum Gasteiger partial charge on any atom is 0.267 e. The van der Waals surface area contributed by atoms with E-state index in [1.807, 2.05) is 18.2 Å². The summed E-state index contributed by atoms with van der Waals surface area (Å²) in [6.07, 6.45) is 7.80. The number of hydrogen-bond acceptors (Lipinski definition) is 6. The van der Waals surface area contributed by atoms with E-state index in [2.05, 4.69) is 32.7 Å². The molecule has 1 saturated heterocycles. The van der Waals surface area contributed by atoms with Crippen molar-refractivity contribution in [2.45, 2.75) is 18.4 Å². The van der Waals surface area contributed by atoms with Crippen LogP contribution in [0.15, 0.2) is 48.8 Å². The molecule has 0 unspecified atom stereocenters. The summed E-state index contributed by atoms with van der Waals surface area (Å²) in [6.45, 7) is 1.79. The summed E-state index contributed by atoms with van der Waals surface area (Å²) in [5, 5.41) is 15.5. The van der Waals surface area contributed by atoms with Crippen molar-refractivity contribution in [2.75, 3.05) is 18.4 Å². The SMILES string of the molecule is O=C(C=Cc1cncc(N[C@]2(Cc3ccccc3)CCNC2)n1)NO. The van der Waals surface area contributed by atoms with E-state index in [0.29, 0.717) is 11.5 Å². The van der Waals surface area contributed by atoms with Gasteiger partial charge in [0, 0.05) is 12.6 Å². The zero-order valence-corrected chi connectivity index (χ0v) is 13.8. The first-order valence-electron chi connectivity index (χ1n) is 8.16. The Bertz CT molecular complexity index is 742. The number of hydrogen-bond donors (Lipinski definition) is 4. The van der Waals surface area contributed by atoms with Gasteiger partial charge in [0.15, 0.2) is 0 Å². The number of nitrogens with zero attached hydrogens (tertiary/aromatic N) is 2. The molecule has 1 atom stereocenters. The first kappa shape index (κ1) is 17.1. The number of rotatable bonds is 6. The van der Waals surface area contributed by atoms with Crippen LogP contribution in [0.5, 0.6) is 0 Å². The molecule has 0 bridgehead atoms. The maximum absolute atomic E-state index is 11.1. The van der Waals surface area contributed by atoms with Gasteiger partial charge < -0.3 is 10.6 Å². The normalized spacial score (nSPS) is 19.9. The van der Waals surface area contributed by atoms with Crippen LogP contribution < -0.4 is 16.1 Å². The number of amides is 1. The lowest BCUT2D eigenvalue weighted by atomic mass is 9.90. The third kappa shape index (κ3) is 4.62. The first-order chi connectivity index (χ1) is 12.2. The van der Waals surface area contributed by atoms with Crippen LogP contribution in [-0.2, 0) is 11.2 Å². The lowest BCUT2D eigenvalue weighted by Crippen LogP contribution is -2.43. The van der Waals surface area contributed by atoms with E-state index < -0.39 is 5.91 Å². The number of nitrogens with one attached hydrogen (secondary N) is 3. The molecule has 0 spiro atoms. The van der Waals surface area contributed by atoms with Crippen LogP contribution in [0.1, 0.15) is 17.7 Å². The molecular formula is C18H21N5O2. The molecule has 7 nitrogen and oxygen atoms in total. The minimum absolute atomic E-state index is 0.124. The highest BCUT2D eigenvalue weighted by molar-refractivity contribution is 5.90. The second-order valence-electron chi connectivity index (χ2n) is 6.13. The fourth-order valence-electron chi connectivity index (χ4n) is 3.02. The van der Waals surface area contributed by atoms with E-state index in [-0.39, 0.29) is 5.54 Å². The molecule has 1 aromatic heterocycles. The lowest BCUT2D eigenvalue weighted by molar-refractivity contribution is -0.124. The van der Waals surface area contributed by atoms with Gasteiger partial charge in [0.25, 0.3) is 5.91 Å². The molecular weight excluding hydrogens is 318 g/mol. The van der Waals surface area contributed by atoms with Crippen molar-refractivity contribution in [2.24, 2.45) is 0 Å². The Kier molecular flexibility index (Phi) is 5.37. The van der Waals surface area contributed by atoms with Crippen LogP contribution in [0.2, 0.25) is 0 Å². The smallest absolute Gasteiger partial charge is 0.267 e. The van der Waals surface area contributed by atoms with Crippen molar-refractivity contribution >= 4 is 17.8 Å². The summed E-state index contributed by atoms with van der Waals surface area (Å²) in [5.74, 6) is 0.0480. The van der Waals surface area contributed by atoms with Crippen LogP contribution in [0, 0.1) is 0 Å². The molecule has 0 radical (unpaired) electrons. The summed E-state index contributed by atoms with van der Waals surface area (Å²) in [6, 6.07) is 10.4. The largest absolute Gasteiger partial charge is 0.362 e. The van der Waals surface area contributed by atoms with Crippen LogP contribution in [0.25, 0.3) is 6.08 Å². The molecule has 1 amide bonds. The van der Waals surface area contributed by atoms with Crippen LogP contribution >= 0.6 is 0 Å². The van der Waals surface area contributed by atoms with E-state index in [4.69, 9.17) is 5.21 Å². The number of carbonyl (C=O) groups excluding carboxylic acids is 1. The Balaban J connectivity index is 1.76. The van der Waals surface area contributed by atoms with Gasteiger partial charge >= 0.3 is 0 Å². The van der Waals surface area contributed by atoms with Crippen molar-refractivity contribution < 1.29 is 10.0 Å². The van der Waals surface area contributed by atoms with Crippen LogP contribution in [0.3, 0.4) is 0 Å². The Labute approximate surface area is 146 Å². The lowest BCUT2D eigenvalue weighted by Gasteiger charge is -2.30. The van der Waals surface area contributed by atoms with Crippen molar-refractivity contribution in [3.8, 4) is 0 Å². The fourth-order valence-corrected chi connectivity index (χ4v) is 3.02. The van der Waals surface area contributed by atoms with Crippen LogP contribution in [0.4, 0.5) is 5.82 Å². The van der Waals surface area contributed by atoms with Crippen LogP contribution in [-0.4, -0.2) is 39.7 Å². The number of anilines is 1. The number of aromatic nitrogens is 2. The highest BCUT2D eigenvalue weighted by Crippen LogP contribution is 2.25. The van der Waals surface area contributed by atoms with Gasteiger partial charge in [0.05, 0.1) is 23.6 Å². The Morgan fingerprint density at radius 1 is 1.32 bits per heavy atom. The third-order valence-corrected chi connectivity index (χ3v) is 4.19. The molecule has 0 saturated carbocycles. The minimum atomic E-state index is -0.610. The molecule has 3 rings (SSSR count). The van der Waals surface area contributed by atoms with Gasteiger partial charge in [-0.15, -0.1) is 0 Å². The zero-order chi connectivity index (χ0) is 17.5. The van der Waals surface area contributed by atoms with Gasteiger partial charge in [-0.2, -0.15) is 0 Å². The molecule has 1 aliphatic heterocycles. The molecule has 25 heavy (non-hydrogen) atoms. The first-order valence-corrected chi connectivity index (χ1v) is 8.16. The molecule has 1 aliphatic rings. The molecule has 2 aromatic rings. The predicted molar refractivity (Wildman–Crippen MR) is 95.0 cm³/mol. The van der Waals surface area contributed by atoms with E-state index >= 15 is 0 Å². The van der Waals surface area contributed by atoms with E-state index in [1.165, 1.54) is 17.7 Å². The van der Waals surface area contributed by atoms with E-state index in [0.717, 1.165) is 25.9 Å². The average Bonchev–Trinajstić information content (AvgIpc) is 3.08. The monoisotopic (exact) mass is 339 g/mol. The molecule has 0 aliphatic carbocycles. The van der Waals surface area contributed by atoms with Crippen molar-refractivity contribution in [1.29, 1.82) is 0 Å². The van der Waals surface area contributed by atoms with Crippen molar-refractivity contribution in [3.05, 3.63) is 60.1 Å². The highest BCUT2D eigenvalue weighted by Gasteiger charge is 2.34. The quantitative estimate of drug-likeness (QED) is 0.361. The number of hydroxylamine groups is 1. The summed E-state index contributed by atoms with van der Waals surface area (Å²) in [4.78, 5) is 19.7. The standard InChI is InChI=1S/C18H21N5O2/c24-17(23-25)7-6-15-11-20-12-16(21-15)22-18(8-9-19-13-18)10-14-4-2-1-3-5-14/h1-7,11-12,19,25H,8-10,13H2,(H,21,22)(H,23,24)/t18-/m0/s1. The summed E-state index contributed by atoms with van der Waals surface area (Å²) >= 11 is 0. The molecule has 1 aromatic carbocycles. The Morgan fingerprint density at radius 3 is 2.88 bits per heavy atom. The number of carbonyl (C=O) groups is 1. The van der Waals surface area contributed by atoms with Gasteiger partial charge in [-0.25, -0.2) is 10.5 Å². The van der Waals surface area contributed by atoms with Gasteiger partial charge in [-0.3, -0.25) is 15.0 Å². The molecule has 2 heterocycles. The summed E-state index contributed by atoms with van der Waals surface area (Å²) < 4.78 is 0. The van der Waals surface area contributed by atoms with Gasteiger partial charge in [0.1, 0.15) is 5.82 Å². The minimum Gasteiger partial charge on any atom is -0.362 e. The summed E-state index contributed by atoms with van der Waals surface area (Å²) in [7, 11) is 0. The second kappa shape index (κ2) is 7.87. The zero-order valence-electron chi connectivity index (χ0n) is 13.8. The van der Waals surface area contributed by atoms with Gasteiger partial charge in [-0.1, -0.05) is 30.3 Å². The molecule has 7 heteroatoms. The van der Waals surface area contributed by atoms with E-state index in [1.54, 1.807) is 17.9 Å². The molecule has 1 fully saturated rings. The molecule has 130 valence electrons. The highest BCUT2D eigenvalue weighted by atomic mass is 16.5. The maximum atomic E-state index is 11.1. The third-order valence-electron chi connectivity index (χ3n) is 4.19. The van der Waals surface area contributed by atoms with Crippen molar-refractivity contribution in [3.63, 3.8) is 0 Å². The fraction of sp³-hybridized carbons (Fsp3) is 0.278. The number of benzene rings is 1. The van der Waals surface area contributed by atoms with Gasteiger partial charge in [-0.05, 0) is 31.0 Å². The topological polar surface area (TPSA) is 99.2 Å². The van der Waals surface area contributed by atoms with Crippen molar-refractivity contribution in [1.82, 2.24) is 20.8 Å². The Morgan fingerprint density at radius 2 is 2.16 bits per heavy atom. The average molecular weight is 339 g/mol. The second-order valence-corrected chi connectivity index (χ2v) is 6.13. The molecule has 4 N–H and O–H groups in total. The van der Waals surface area contributed by atoms with Gasteiger partial charge in [0.2, 0.25) is 0 Å². The Hall–Kier alpha value is -2.77. The van der Waals surface area contributed by atoms with E-state index in [9.17, 15) is 4.79 Å².